The molecule has 0 aliphatic rings. The summed E-state index contributed by atoms with van der Waals surface area (Å²) in [5.41, 5.74) is 7.11. The molecular weight excluding hydrogens is 292 g/mol. The van der Waals surface area contributed by atoms with E-state index in [2.05, 4.69) is 36.0 Å². The molecule has 0 bridgehead atoms. The van der Waals surface area contributed by atoms with Crippen LogP contribution in [-0.4, -0.2) is 28.4 Å². The minimum atomic E-state index is -0.395. The Hall–Kier alpha value is -2.08. The maximum atomic E-state index is 6.33. The molecular formula is C17H26N4O2. The van der Waals surface area contributed by atoms with E-state index >= 15 is 0 Å². The third-order valence-corrected chi connectivity index (χ3v) is 3.39. The number of hydrogen-bond acceptors (Lipinski definition) is 5. The Morgan fingerprint density at radius 3 is 2.35 bits per heavy atom. The summed E-state index contributed by atoms with van der Waals surface area (Å²) in [7, 11) is 0. The molecule has 0 amide bonds. The number of benzene rings is 1. The van der Waals surface area contributed by atoms with Gasteiger partial charge >= 0.3 is 0 Å². The molecule has 1 heterocycles. The van der Waals surface area contributed by atoms with Gasteiger partial charge in [0.05, 0.1) is 19.3 Å². The second kappa shape index (κ2) is 7.00. The van der Waals surface area contributed by atoms with Crippen molar-refractivity contribution in [2.75, 3.05) is 13.2 Å². The molecule has 0 saturated heterocycles. The van der Waals surface area contributed by atoms with Crippen molar-refractivity contribution in [3.8, 4) is 11.5 Å². The summed E-state index contributed by atoms with van der Waals surface area (Å²) in [6.45, 7) is 11.2. The van der Waals surface area contributed by atoms with Gasteiger partial charge in [0.2, 0.25) is 0 Å². The monoisotopic (exact) mass is 318 g/mol. The van der Waals surface area contributed by atoms with Crippen LogP contribution in [0.2, 0.25) is 0 Å². The van der Waals surface area contributed by atoms with Gasteiger partial charge in [0.1, 0.15) is 5.82 Å². The van der Waals surface area contributed by atoms with Crippen LogP contribution < -0.4 is 15.2 Å². The largest absolute Gasteiger partial charge is 0.490 e. The van der Waals surface area contributed by atoms with E-state index in [1.807, 2.05) is 32.0 Å². The van der Waals surface area contributed by atoms with Crippen molar-refractivity contribution in [1.82, 2.24) is 15.2 Å². The van der Waals surface area contributed by atoms with E-state index in [4.69, 9.17) is 15.2 Å². The SMILES string of the molecule is CCOc1ccc(C(N)c2nc(C(C)(C)C)n[nH]2)cc1OCC. The van der Waals surface area contributed by atoms with Gasteiger partial charge in [0.15, 0.2) is 17.3 Å². The molecule has 3 N–H and O–H groups in total. The first-order valence-corrected chi connectivity index (χ1v) is 7.94. The van der Waals surface area contributed by atoms with Crippen LogP contribution in [0.25, 0.3) is 0 Å². The molecule has 0 spiro atoms. The fourth-order valence-electron chi connectivity index (χ4n) is 2.17. The minimum Gasteiger partial charge on any atom is -0.490 e. The molecule has 1 unspecified atom stereocenters. The summed E-state index contributed by atoms with van der Waals surface area (Å²) < 4.78 is 11.2. The number of hydrogen-bond donors (Lipinski definition) is 2. The van der Waals surface area contributed by atoms with Gasteiger partial charge in [-0.05, 0) is 31.5 Å². The van der Waals surface area contributed by atoms with Gasteiger partial charge in [-0.25, -0.2) is 4.98 Å². The van der Waals surface area contributed by atoms with Gasteiger partial charge in [0, 0.05) is 5.41 Å². The zero-order valence-electron chi connectivity index (χ0n) is 14.5. The van der Waals surface area contributed by atoms with Crippen molar-refractivity contribution in [2.24, 2.45) is 5.73 Å². The molecule has 23 heavy (non-hydrogen) atoms. The van der Waals surface area contributed by atoms with Gasteiger partial charge in [-0.3, -0.25) is 5.10 Å². The second-order valence-corrected chi connectivity index (χ2v) is 6.34. The number of rotatable bonds is 6. The highest BCUT2D eigenvalue weighted by molar-refractivity contribution is 5.44. The first-order valence-electron chi connectivity index (χ1n) is 7.94. The first kappa shape index (κ1) is 17.3. The smallest absolute Gasteiger partial charge is 0.161 e. The topological polar surface area (TPSA) is 86.0 Å². The van der Waals surface area contributed by atoms with Crippen LogP contribution in [0.5, 0.6) is 11.5 Å². The zero-order valence-corrected chi connectivity index (χ0v) is 14.5. The number of nitrogens with one attached hydrogen (secondary N) is 1. The van der Waals surface area contributed by atoms with E-state index in [1.54, 1.807) is 0 Å². The average Bonchev–Trinajstić information content (AvgIpc) is 2.99. The van der Waals surface area contributed by atoms with Crippen molar-refractivity contribution in [1.29, 1.82) is 0 Å². The van der Waals surface area contributed by atoms with Crippen LogP contribution in [0.1, 0.15) is 57.9 Å². The summed E-state index contributed by atoms with van der Waals surface area (Å²) in [6.07, 6.45) is 0. The number of aromatic nitrogens is 3. The molecule has 0 radical (unpaired) electrons. The zero-order chi connectivity index (χ0) is 17.0. The average molecular weight is 318 g/mol. The number of ether oxygens (including phenoxy) is 2. The standard InChI is InChI=1S/C17H26N4O2/c1-6-22-12-9-8-11(10-13(12)23-7-2)14(18)15-19-16(21-20-15)17(3,4)5/h8-10,14H,6-7,18H2,1-5H3,(H,19,20,21). The molecule has 1 atom stereocenters. The first-order chi connectivity index (χ1) is 10.9. The third-order valence-electron chi connectivity index (χ3n) is 3.39. The van der Waals surface area contributed by atoms with Gasteiger partial charge in [-0.1, -0.05) is 26.8 Å². The van der Waals surface area contributed by atoms with Crippen LogP contribution in [0.3, 0.4) is 0 Å². The van der Waals surface area contributed by atoms with E-state index in [-0.39, 0.29) is 5.41 Å². The van der Waals surface area contributed by atoms with Crippen molar-refractivity contribution in [2.45, 2.75) is 46.1 Å². The number of nitrogens with two attached hydrogens (primary N) is 1. The van der Waals surface area contributed by atoms with Crippen molar-refractivity contribution in [3.05, 3.63) is 35.4 Å². The number of nitrogens with zero attached hydrogens (tertiary/aromatic N) is 2. The predicted molar refractivity (Wildman–Crippen MR) is 89.9 cm³/mol. The lowest BCUT2D eigenvalue weighted by atomic mass is 9.96. The predicted octanol–water partition coefficient (Wildman–Crippen LogP) is 2.95. The summed E-state index contributed by atoms with van der Waals surface area (Å²) >= 11 is 0. The van der Waals surface area contributed by atoms with Crippen molar-refractivity contribution >= 4 is 0 Å². The van der Waals surface area contributed by atoms with Gasteiger partial charge in [-0.15, -0.1) is 0 Å². The Morgan fingerprint density at radius 2 is 1.78 bits per heavy atom. The molecule has 0 saturated carbocycles. The van der Waals surface area contributed by atoms with Crippen LogP contribution in [0.15, 0.2) is 18.2 Å². The third kappa shape index (κ3) is 4.01. The highest BCUT2D eigenvalue weighted by Gasteiger charge is 2.22. The summed E-state index contributed by atoms with van der Waals surface area (Å²) in [5.74, 6) is 2.80. The molecule has 6 heteroatoms. The Balaban J connectivity index is 2.29. The summed E-state index contributed by atoms with van der Waals surface area (Å²) in [6, 6.07) is 5.31. The molecule has 2 aromatic rings. The van der Waals surface area contributed by atoms with Crippen LogP contribution in [-0.2, 0) is 5.41 Å². The van der Waals surface area contributed by atoms with E-state index in [9.17, 15) is 0 Å². The minimum absolute atomic E-state index is 0.121. The Morgan fingerprint density at radius 1 is 1.13 bits per heavy atom. The van der Waals surface area contributed by atoms with Crippen LogP contribution >= 0.6 is 0 Å². The lowest BCUT2D eigenvalue weighted by molar-refractivity contribution is 0.287. The maximum Gasteiger partial charge on any atom is 0.161 e. The van der Waals surface area contributed by atoms with Crippen molar-refractivity contribution in [3.63, 3.8) is 0 Å². The number of aromatic amines is 1. The Bertz CT molecular complexity index is 646. The normalized spacial score (nSPS) is 13.0. The van der Waals surface area contributed by atoms with Crippen molar-refractivity contribution < 1.29 is 9.47 Å². The molecule has 0 aliphatic heterocycles. The highest BCUT2D eigenvalue weighted by Crippen LogP contribution is 2.31. The molecule has 6 nitrogen and oxygen atoms in total. The van der Waals surface area contributed by atoms with E-state index in [0.717, 1.165) is 17.1 Å². The van der Waals surface area contributed by atoms with E-state index in [1.165, 1.54) is 0 Å². The lowest BCUT2D eigenvalue weighted by Crippen LogP contribution is -2.16. The lowest BCUT2D eigenvalue weighted by Gasteiger charge is -2.15. The maximum absolute atomic E-state index is 6.33. The van der Waals surface area contributed by atoms with E-state index in [0.29, 0.717) is 24.8 Å². The molecule has 1 aromatic carbocycles. The van der Waals surface area contributed by atoms with Gasteiger partial charge in [0.25, 0.3) is 0 Å². The second-order valence-electron chi connectivity index (χ2n) is 6.34. The molecule has 126 valence electrons. The van der Waals surface area contributed by atoms with E-state index < -0.39 is 6.04 Å². The Labute approximate surface area is 137 Å². The fourth-order valence-corrected chi connectivity index (χ4v) is 2.17. The Kier molecular flexibility index (Phi) is 5.26. The fraction of sp³-hybridized carbons (Fsp3) is 0.529. The highest BCUT2D eigenvalue weighted by atomic mass is 16.5. The van der Waals surface area contributed by atoms with Crippen LogP contribution in [0.4, 0.5) is 0 Å². The molecule has 0 aliphatic carbocycles. The van der Waals surface area contributed by atoms with Gasteiger partial charge in [-0.2, -0.15) is 5.10 Å². The number of H-pyrrole nitrogens is 1. The summed E-state index contributed by atoms with van der Waals surface area (Å²) in [5, 5.41) is 7.21. The summed E-state index contributed by atoms with van der Waals surface area (Å²) in [4.78, 5) is 4.53. The van der Waals surface area contributed by atoms with Gasteiger partial charge < -0.3 is 15.2 Å². The molecule has 0 fully saturated rings. The molecule has 2 rings (SSSR count). The quantitative estimate of drug-likeness (QED) is 0.855. The molecule has 1 aromatic heterocycles. The van der Waals surface area contributed by atoms with Crippen LogP contribution in [0, 0.1) is 0 Å².